The zero-order valence-electron chi connectivity index (χ0n) is 11.2. The molecule has 8 heteroatoms. The van der Waals surface area contributed by atoms with Gasteiger partial charge in [0.25, 0.3) is 5.91 Å². The molecule has 2 rings (SSSR count). The number of nitrogens with zero attached hydrogens (tertiary/aromatic N) is 1. The third-order valence-electron chi connectivity index (χ3n) is 2.87. The molecule has 0 fully saturated rings. The minimum Gasteiger partial charge on any atom is -0.312 e. The first-order valence-electron chi connectivity index (χ1n) is 6.01. The van der Waals surface area contributed by atoms with Gasteiger partial charge in [-0.1, -0.05) is 0 Å². The Labute approximate surface area is 123 Å². The van der Waals surface area contributed by atoms with Gasteiger partial charge in [0.15, 0.2) is 22.6 Å². The maximum atomic E-state index is 13.1. The number of nitrogens with one attached hydrogen (secondary N) is 2. The molecule has 1 heterocycles. The third-order valence-corrected chi connectivity index (χ3v) is 3.64. The summed E-state index contributed by atoms with van der Waals surface area (Å²) in [5, 5.41) is 7.45. The number of amides is 1. The smallest absolute Gasteiger partial charge is 0.257 e. The van der Waals surface area contributed by atoms with E-state index in [9.17, 15) is 18.0 Å². The van der Waals surface area contributed by atoms with Gasteiger partial charge in [-0.3, -0.25) is 10.1 Å². The fourth-order valence-corrected chi connectivity index (χ4v) is 2.35. The monoisotopic (exact) mass is 315 g/mol. The Hall–Kier alpha value is -1.93. The molecule has 1 amide bonds. The summed E-state index contributed by atoms with van der Waals surface area (Å²) in [6, 6.07) is 1.28. The number of halogens is 3. The molecule has 1 atom stereocenters. The van der Waals surface area contributed by atoms with Crippen LogP contribution in [0.1, 0.15) is 29.0 Å². The van der Waals surface area contributed by atoms with Crippen LogP contribution in [0, 0.1) is 17.5 Å². The van der Waals surface area contributed by atoms with E-state index in [1.807, 2.05) is 6.92 Å². The Kier molecular flexibility index (Phi) is 4.59. The van der Waals surface area contributed by atoms with E-state index in [4.69, 9.17) is 0 Å². The number of aromatic nitrogens is 1. The van der Waals surface area contributed by atoms with Crippen LogP contribution in [0.15, 0.2) is 17.5 Å². The molecule has 4 nitrogen and oxygen atoms in total. The lowest BCUT2D eigenvalue weighted by Gasteiger charge is -2.05. The Morgan fingerprint density at radius 1 is 1.29 bits per heavy atom. The Morgan fingerprint density at radius 3 is 2.48 bits per heavy atom. The number of thiazole rings is 1. The van der Waals surface area contributed by atoms with E-state index >= 15 is 0 Å². The van der Waals surface area contributed by atoms with Crippen LogP contribution in [-0.4, -0.2) is 17.9 Å². The Bertz CT molecular complexity index is 651. The number of hydrogen-bond acceptors (Lipinski definition) is 4. The zero-order valence-corrected chi connectivity index (χ0v) is 12.0. The van der Waals surface area contributed by atoms with Gasteiger partial charge < -0.3 is 5.32 Å². The number of carbonyl (C=O) groups is 1. The molecular formula is C13H12F3N3OS. The van der Waals surface area contributed by atoms with E-state index in [0.717, 1.165) is 5.69 Å². The molecular weight excluding hydrogens is 303 g/mol. The molecule has 0 aliphatic carbocycles. The van der Waals surface area contributed by atoms with Crippen LogP contribution in [0.5, 0.6) is 0 Å². The van der Waals surface area contributed by atoms with Gasteiger partial charge >= 0.3 is 0 Å². The summed E-state index contributed by atoms with van der Waals surface area (Å²) in [6.07, 6.45) is 0. The SMILES string of the molecule is CNC(C)c1csc(NC(=O)c2cc(F)c(F)c(F)c2)n1. The largest absolute Gasteiger partial charge is 0.312 e. The van der Waals surface area contributed by atoms with Gasteiger partial charge in [0, 0.05) is 17.0 Å². The molecule has 0 spiro atoms. The first-order valence-corrected chi connectivity index (χ1v) is 6.89. The van der Waals surface area contributed by atoms with Gasteiger partial charge in [0.2, 0.25) is 0 Å². The Morgan fingerprint density at radius 2 is 1.90 bits per heavy atom. The van der Waals surface area contributed by atoms with Crippen LogP contribution in [0.3, 0.4) is 0 Å². The van der Waals surface area contributed by atoms with Crippen molar-refractivity contribution < 1.29 is 18.0 Å². The average Bonchev–Trinajstić information content (AvgIpc) is 2.91. The van der Waals surface area contributed by atoms with Gasteiger partial charge in [-0.05, 0) is 26.1 Å². The first kappa shape index (κ1) is 15.5. The molecule has 0 saturated carbocycles. The van der Waals surface area contributed by atoms with Gasteiger partial charge in [-0.2, -0.15) is 0 Å². The third kappa shape index (κ3) is 3.40. The highest BCUT2D eigenvalue weighted by Crippen LogP contribution is 2.21. The van der Waals surface area contributed by atoms with Crippen molar-refractivity contribution in [3.05, 3.63) is 46.2 Å². The molecule has 0 radical (unpaired) electrons. The van der Waals surface area contributed by atoms with Crippen LogP contribution in [0.4, 0.5) is 18.3 Å². The summed E-state index contributed by atoms with van der Waals surface area (Å²) >= 11 is 1.18. The standard InChI is InChI=1S/C13H12F3N3OS/c1-6(17-2)10-5-21-13(18-10)19-12(20)7-3-8(14)11(16)9(15)4-7/h3-6,17H,1-2H3,(H,18,19,20). The van der Waals surface area contributed by atoms with Crippen molar-refractivity contribution in [3.8, 4) is 0 Å². The Balaban J connectivity index is 2.16. The predicted octanol–water partition coefficient (Wildman–Crippen LogP) is 3.09. The predicted molar refractivity (Wildman–Crippen MR) is 73.9 cm³/mol. The van der Waals surface area contributed by atoms with Crippen LogP contribution >= 0.6 is 11.3 Å². The highest BCUT2D eigenvalue weighted by Gasteiger charge is 2.16. The summed E-state index contributed by atoms with van der Waals surface area (Å²) < 4.78 is 39.0. The van der Waals surface area contributed by atoms with Crippen molar-refractivity contribution in [2.45, 2.75) is 13.0 Å². The summed E-state index contributed by atoms with van der Waals surface area (Å²) in [4.78, 5) is 16.0. The van der Waals surface area contributed by atoms with Gasteiger partial charge in [0.05, 0.1) is 5.69 Å². The second kappa shape index (κ2) is 6.23. The fraction of sp³-hybridized carbons (Fsp3) is 0.231. The molecule has 1 unspecified atom stereocenters. The molecule has 2 N–H and O–H groups in total. The maximum Gasteiger partial charge on any atom is 0.257 e. The fourth-order valence-electron chi connectivity index (χ4n) is 1.55. The minimum atomic E-state index is -1.61. The van der Waals surface area contributed by atoms with Crippen LogP contribution in [-0.2, 0) is 0 Å². The highest BCUT2D eigenvalue weighted by molar-refractivity contribution is 7.14. The number of carbonyl (C=O) groups excluding carboxylic acids is 1. The molecule has 2 aromatic rings. The van der Waals surface area contributed by atoms with E-state index in [0.29, 0.717) is 17.3 Å². The maximum absolute atomic E-state index is 13.1. The lowest BCUT2D eigenvalue weighted by Crippen LogP contribution is -2.15. The normalized spacial score (nSPS) is 12.2. The van der Waals surface area contributed by atoms with E-state index in [-0.39, 0.29) is 11.6 Å². The molecule has 0 aliphatic heterocycles. The van der Waals surface area contributed by atoms with Crippen LogP contribution in [0.2, 0.25) is 0 Å². The van der Waals surface area contributed by atoms with Crippen LogP contribution in [0.25, 0.3) is 0 Å². The van der Waals surface area contributed by atoms with Crippen molar-refractivity contribution in [2.24, 2.45) is 0 Å². The summed E-state index contributed by atoms with van der Waals surface area (Å²) in [6.45, 7) is 1.89. The molecule has 112 valence electrons. The second-order valence-electron chi connectivity index (χ2n) is 4.30. The van der Waals surface area contributed by atoms with Crippen molar-refractivity contribution >= 4 is 22.4 Å². The number of benzene rings is 1. The summed E-state index contributed by atoms with van der Waals surface area (Å²) in [7, 11) is 1.77. The molecule has 1 aromatic heterocycles. The zero-order chi connectivity index (χ0) is 15.6. The highest BCUT2D eigenvalue weighted by atomic mass is 32.1. The quantitative estimate of drug-likeness (QED) is 0.853. The van der Waals surface area contributed by atoms with E-state index in [1.165, 1.54) is 11.3 Å². The van der Waals surface area contributed by atoms with Gasteiger partial charge in [0.1, 0.15) is 0 Å². The lowest BCUT2D eigenvalue weighted by molar-refractivity contribution is 0.102. The van der Waals surface area contributed by atoms with E-state index < -0.39 is 23.4 Å². The number of hydrogen-bond donors (Lipinski definition) is 2. The topological polar surface area (TPSA) is 54.0 Å². The van der Waals surface area contributed by atoms with Crippen molar-refractivity contribution in [3.63, 3.8) is 0 Å². The minimum absolute atomic E-state index is 0.00705. The van der Waals surface area contributed by atoms with Crippen molar-refractivity contribution in [1.29, 1.82) is 0 Å². The molecule has 0 aliphatic rings. The summed E-state index contributed by atoms with van der Waals surface area (Å²) in [5.41, 5.74) is 0.416. The average molecular weight is 315 g/mol. The first-order chi connectivity index (χ1) is 9.92. The lowest BCUT2D eigenvalue weighted by atomic mass is 10.2. The van der Waals surface area contributed by atoms with Crippen molar-refractivity contribution in [2.75, 3.05) is 12.4 Å². The van der Waals surface area contributed by atoms with Gasteiger partial charge in [-0.25, -0.2) is 18.2 Å². The number of rotatable bonds is 4. The van der Waals surface area contributed by atoms with Crippen molar-refractivity contribution in [1.82, 2.24) is 10.3 Å². The molecule has 21 heavy (non-hydrogen) atoms. The summed E-state index contributed by atoms with van der Waals surface area (Å²) in [5.74, 6) is -5.19. The van der Waals surface area contributed by atoms with Gasteiger partial charge in [-0.15, -0.1) is 11.3 Å². The molecule has 1 aromatic carbocycles. The molecule has 0 bridgehead atoms. The van der Waals surface area contributed by atoms with Crippen LogP contribution < -0.4 is 10.6 Å². The van der Waals surface area contributed by atoms with E-state index in [2.05, 4.69) is 15.6 Å². The van der Waals surface area contributed by atoms with E-state index in [1.54, 1.807) is 12.4 Å². The molecule has 0 saturated heterocycles. The second-order valence-corrected chi connectivity index (χ2v) is 5.15. The number of anilines is 1.